The highest BCUT2D eigenvalue weighted by atomic mass is 16.5. The van der Waals surface area contributed by atoms with Crippen molar-refractivity contribution >= 4 is 11.7 Å². The molecule has 0 aliphatic heterocycles. The predicted octanol–water partition coefficient (Wildman–Crippen LogP) is 3.74. The number of rotatable bonds is 7. The molecule has 0 aliphatic rings. The van der Waals surface area contributed by atoms with Crippen LogP contribution in [0.15, 0.2) is 73.1 Å². The van der Waals surface area contributed by atoms with E-state index in [1.807, 2.05) is 42.5 Å². The van der Waals surface area contributed by atoms with Crippen molar-refractivity contribution in [3.05, 3.63) is 95.3 Å². The van der Waals surface area contributed by atoms with E-state index in [-0.39, 0.29) is 24.2 Å². The van der Waals surface area contributed by atoms with E-state index < -0.39 is 0 Å². The van der Waals surface area contributed by atoms with Crippen LogP contribution in [0.2, 0.25) is 0 Å². The molecule has 1 amide bonds. The van der Waals surface area contributed by atoms with Crippen LogP contribution in [0, 0.1) is 0 Å². The van der Waals surface area contributed by atoms with E-state index in [9.17, 15) is 9.59 Å². The molecule has 1 aromatic heterocycles. The van der Waals surface area contributed by atoms with Crippen molar-refractivity contribution < 1.29 is 14.3 Å². The maximum Gasteiger partial charge on any atom is 0.225 e. The van der Waals surface area contributed by atoms with Gasteiger partial charge in [0.15, 0.2) is 5.78 Å². The van der Waals surface area contributed by atoms with Crippen LogP contribution in [0.4, 0.5) is 0 Å². The van der Waals surface area contributed by atoms with Gasteiger partial charge in [-0.3, -0.25) is 14.6 Å². The molecule has 0 saturated heterocycles. The number of aromatic nitrogens is 1. The molecule has 28 heavy (non-hydrogen) atoms. The first-order valence-corrected chi connectivity index (χ1v) is 9.00. The average Bonchev–Trinajstić information content (AvgIpc) is 2.73. The third-order valence-electron chi connectivity index (χ3n) is 4.52. The Morgan fingerprint density at radius 2 is 1.68 bits per heavy atom. The first-order chi connectivity index (χ1) is 13.6. The highest BCUT2D eigenvalue weighted by Gasteiger charge is 2.18. The number of nitrogens with one attached hydrogen (secondary N) is 1. The highest BCUT2D eigenvalue weighted by Crippen LogP contribution is 2.24. The van der Waals surface area contributed by atoms with E-state index in [1.165, 1.54) is 6.92 Å². The number of ketones is 1. The summed E-state index contributed by atoms with van der Waals surface area (Å²) in [5.74, 6) is 0.369. The molecule has 0 saturated carbocycles. The summed E-state index contributed by atoms with van der Waals surface area (Å²) in [6.07, 6.45) is 3.52. The first-order valence-electron chi connectivity index (χ1n) is 9.00. The monoisotopic (exact) mass is 374 g/mol. The van der Waals surface area contributed by atoms with Gasteiger partial charge in [0.2, 0.25) is 5.91 Å². The molecule has 1 N–H and O–H groups in total. The Labute approximate surface area is 164 Å². The number of pyridine rings is 1. The summed E-state index contributed by atoms with van der Waals surface area (Å²) in [6.45, 7) is 1.50. The van der Waals surface area contributed by atoms with E-state index >= 15 is 0 Å². The molecule has 0 fully saturated rings. The van der Waals surface area contributed by atoms with Gasteiger partial charge >= 0.3 is 0 Å². The van der Waals surface area contributed by atoms with Crippen LogP contribution < -0.4 is 10.1 Å². The van der Waals surface area contributed by atoms with Crippen LogP contribution in [0.5, 0.6) is 5.75 Å². The van der Waals surface area contributed by atoms with Crippen molar-refractivity contribution in [1.29, 1.82) is 0 Å². The van der Waals surface area contributed by atoms with Gasteiger partial charge in [-0.2, -0.15) is 0 Å². The quantitative estimate of drug-likeness (QED) is 0.640. The van der Waals surface area contributed by atoms with E-state index in [1.54, 1.807) is 37.7 Å². The van der Waals surface area contributed by atoms with Gasteiger partial charge in [0.05, 0.1) is 19.6 Å². The van der Waals surface area contributed by atoms with Crippen LogP contribution in [0.25, 0.3) is 0 Å². The van der Waals surface area contributed by atoms with Crippen LogP contribution >= 0.6 is 0 Å². The lowest BCUT2D eigenvalue weighted by molar-refractivity contribution is -0.121. The molecule has 142 valence electrons. The molecule has 2 aromatic carbocycles. The van der Waals surface area contributed by atoms with Gasteiger partial charge in [0.25, 0.3) is 0 Å². The number of hydrogen-bond acceptors (Lipinski definition) is 4. The number of carbonyl (C=O) groups excluding carboxylic acids is 2. The predicted molar refractivity (Wildman–Crippen MR) is 107 cm³/mol. The summed E-state index contributed by atoms with van der Waals surface area (Å²) in [4.78, 5) is 28.6. The molecule has 1 heterocycles. The Hall–Kier alpha value is -3.47. The van der Waals surface area contributed by atoms with Gasteiger partial charge in [-0.1, -0.05) is 30.3 Å². The lowest BCUT2D eigenvalue weighted by atomic mass is 9.99. The normalized spacial score (nSPS) is 11.5. The molecule has 5 nitrogen and oxygen atoms in total. The number of ether oxygens (including phenoxy) is 1. The number of benzene rings is 2. The first kappa shape index (κ1) is 19.3. The summed E-state index contributed by atoms with van der Waals surface area (Å²) in [5.41, 5.74) is 3.15. The Kier molecular flexibility index (Phi) is 6.17. The standard InChI is InChI=1S/C23H22N2O3/c1-16(26)19-8-9-21(28-2)20(14-19)15-22(27)25-23(17-6-4-3-5-7-17)18-10-12-24-13-11-18/h3-14,23H,15H2,1-2H3,(H,25,27). The zero-order chi connectivity index (χ0) is 19.9. The topological polar surface area (TPSA) is 68.3 Å². The van der Waals surface area contributed by atoms with Crippen molar-refractivity contribution in [3.63, 3.8) is 0 Å². The summed E-state index contributed by atoms with van der Waals surface area (Å²) < 4.78 is 5.36. The molecule has 3 rings (SSSR count). The SMILES string of the molecule is COc1ccc(C(C)=O)cc1CC(=O)NC(c1ccccc1)c1ccncc1. The van der Waals surface area contributed by atoms with Gasteiger partial charge in [0, 0.05) is 23.5 Å². The van der Waals surface area contributed by atoms with E-state index in [2.05, 4.69) is 10.3 Å². The van der Waals surface area contributed by atoms with E-state index in [4.69, 9.17) is 4.74 Å². The fourth-order valence-corrected chi connectivity index (χ4v) is 3.08. The van der Waals surface area contributed by atoms with Crippen molar-refractivity contribution in [2.45, 2.75) is 19.4 Å². The van der Waals surface area contributed by atoms with E-state index in [0.29, 0.717) is 16.9 Å². The second kappa shape index (κ2) is 8.95. The number of amides is 1. The van der Waals surface area contributed by atoms with Crippen molar-refractivity contribution in [3.8, 4) is 5.75 Å². The zero-order valence-electron chi connectivity index (χ0n) is 15.9. The minimum absolute atomic E-state index is 0.0525. The van der Waals surface area contributed by atoms with Crippen molar-refractivity contribution in [2.24, 2.45) is 0 Å². The summed E-state index contributed by atoms with van der Waals surface area (Å²) in [5, 5.41) is 3.09. The van der Waals surface area contributed by atoms with Crippen molar-refractivity contribution in [2.75, 3.05) is 7.11 Å². The summed E-state index contributed by atoms with van der Waals surface area (Å²) in [6, 6.07) is 18.4. The molecule has 0 bridgehead atoms. The Balaban J connectivity index is 1.85. The Bertz CT molecular complexity index is 917. The Morgan fingerprint density at radius 3 is 2.32 bits per heavy atom. The minimum Gasteiger partial charge on any atom is -0.496 e. The molecular formula is C23H22N2O3. The van der Waals surface area contributed by atoms with Gasteiger partial charge in [-0.05, 0) is 48.4 Å². The number of nitrogens with zero attached hydrogens (tertiary/aromatic N) is 1. The molecule has 5 heteroatoms. The lowest BCUT2D eigenvalue weighted by Gasteiger charge is -2.20. The van der Waals surface area contributed by atoms with Gasteiger partial charge in [-0.15, -0.1) is 0 Å². The molecular weight excluding hydrogens is 352 g/mol. The number of methoxy groups -OCH3 is 1. The Morgan fingerprint density at radius 1 is 1.00 bits per heavy atom. The van der Waals surface area contributed by atoms with Crippen LogP contribution in [0.3, 0.4) is 0 Å². The maximum atomic E-state index is 12.9. The fraction of sp³-hybridized carbons (Fsp3) is 0.174. The largest absolute Gasteiger partial charge is 0.496 e. The second-order valence-corrected chi connectivity index (χ2v) is 6.45. The molecule has 0 spiro atoms. The fourth-order valence-electron chi connectivity index (χ4n) is 3.08. The van der Waals surface area contributed by atoms with Gasteiger partial charge < -0.3 is 10.1 Å². The zero-order valence-corrected chi connectivity index (χ0v) is 15.9. The number of Topliss-reactive ketones (excluding diaryl/α,β-unsaturated/α-hetero) is 1. The smallest absolute Gasteiger partial charge is 0.225 e. The maximum absolute atomic E-state index is 12.9. The molecule has 1 unspecified atom stereocenters. The molecule has 3 aromatic rings. The highest BCUT2D eigenvalue weighted by molar-refractivity contribution is 5.94. The molecule has 1 atom stereocenters. The molecule has 0 radical (unpaired) electrons. The van der Waals surface area contributed by atoms with E-state index in [0.717, 1.165) is 11.1 Å². The van der Waals surface area contributed by atoms with Crippen LogP contribution in [0.1, 0.15) is 40.0 Å². The van der Waals surface area contributed by atoms with Crippen LogP contribution in [-0.4, -0.2) is 23.8 Å². The third-order valence-corrected chi connectivity index (χ3v) is 4.52. The second-order valence-electron chi connectivity index (χ2n) is 6.45. The minimum atomic E-state index is -0.293. The third kappa shape index (κ3) is 4.62. The summed E-state index contributed by atoms with van der Waals surface area (Å²) >= 11 is 0. The number of hydrogen-bond donors (Lipinski definition) is 1. The number of carbonyl (C=O) groups is 2. The summed E-state index contributed by atoms with van der Waals surface area (Å²) in [7, 11) is 1.55. The van der Waals surface area contributed by atoms with Gasteiger partial charge in [-0.25, -0.2) is 0 Å². The lowest BCUT2D eigenvalue weighted by Crippen LogP contribution is -2.30. The molecule has 0 aliphatic carbocycles. The van der Waals surface area contributed by atoms with Crippen molar-refractivity contribution in [1.82, 2.24) is 10.3 Å². The average molecular weight is 374 g/mol. The van der Waals surface area contributed by atoms with Gasteiger partial charge in [0.1, 0.15) is 5.75 Å². The van der Waals surface area contributed by atoms with Crippen LogP contribution in [-0.2, 0) is 11.2 Å².